The molecule has 0 aromatic carbocycles. The highest BCUT2D eigenvalue weighted by atomic mass is 35.5. The summed E-state index contributed by atoms with van der Waals surface area (Å²) in [6.07, 6.45) is 4.22. The van der Waals surface area contributed by atoms with Crippen molar-refractivity contribution in [3.63, 3.8) is 0 Å². The third kappa shape index (κ3) is 4.94. The zero-order valence-corrected chi connectivity index (χ0v) is 10.3. The minimum Gasteiger partial charge on any atom is -0.310 e. The first-order valence-corrected chi connectivity index (χ1v) is 6.19. The normalized spacial score (nSPS) is 11.1. The van der Waals surface area contributed by atoms with Crippen LogP contribution in [-0.2, 0) is 6.54 Å². The summed E-state index contributed by atoms with van der Waals surface area (Å²) in [7, 11) is 0. The van der Waals surface area contributed by atoms with E-state index in [1.54, 1.807) is 17.5 Å². The highest BCUT2D eigenvalue weighted by molar-refractivity contribution is 7.15. The third-order valence-electron chi connectivity index (χ3n) is 1.94. The second-order valence-corrected chi connectivity index (χ2v) is 5.52. The second-order valence-electron chi connectivity index (χ2n) is 3.77. The van der Waals surface area contributed by atoms with Crippen molar-refractivity contribution in [2.75, 3.05) is 6.54 Å². The van der Waals surface area contributed by atoms with Crippen LogP contribution >= 0.6 is 22.9 Å². The molecule has 0 saturated carbocycles. The van der Waals surface area contributed by atoms with Gasteiger partial charge >= 0.3 is 0 Å². The standard InChI is InChI=1S/C10H17ClN2S/c1-8(2)4-3-5-12-7-10-13-6-9(11)14-10/h6,8,12H,3-5,7H2,1-2H3. The van der Waals surface area contributed by atoms with E-state index in [-0.39, 0.29) is 0 Å². The SMILES string of the molecule is CC(C)CCCNCc1ncc(Cl)s1. The Morgan fingerprint density at radius 1 is 1.57 bits per heavy atom. The monoisotopic (exact) mass is 232 g/mol. The van der Waals surface area contributed by atoms with Gasteiger partial charge in [0.05, 0.1) is 6.20 Å². The molecular weight excluding hydrogens is 216 g/mol. The Labute approximate surface area is 94.7 Å². The molecule has 2 nitrogen and oxygen atoms in total. The van der Waals surface area contributed by atoms with Gasteiger partial charge in [-0.25, -0.2) is 4.98 Å². The van der Waals surface area contributed by atoms with Crippen LogP contribution in [0.3, 0.4) is 0 Å². The van der Waals surface area contributed by atoms with Crippen LogP contribution in [0.1, 0.15) is 31.7 Å². The van der Waals surface area contributed by atoms with Crippen molar-refractivity contribution in [1.82, 2.24) is 10.3 Å². The van der Waals surface area contributed by atoms with E-state index in [9.17, 15) is 0 Å². The lowest BCUT2D eigenvalue weighted by Crippen LogP contribution is -2.14. The molecule has 1 aromatic heterocycles. The van der Waals surface area contributed by atoms with Gasteiger partial charge in [0.15, 0.2) is 0 Å². The summed E-state index contributed by atoms with van der Waals surface area (Å²) < 4.78 is 0.768. The van der Waals surface area contributed by atoms with Crippen LogP contribution in [0.4, 0.5) is 0 Å². The maximum Gasteiger partial charge on any atom is 0.113 e. The van der Waals surface area contributed by atoms with Gasteiger partial charge in [-0.2, -0.15) is 0 Å². The molecule has 1 rings (SSSR count). The number of thiazole rings is 1. The first-order valence-electron chi connectivity index (χ1n) is 4.99. The molecule has 0 aliphatic heterocycles. The molecule has 0 fully saturated rings. The van der Waals surface area contributed by atoms with Crippen LogP contribution in [0, 0.1) is 5.92 Å². The molecule has 0 atom stereocenters. The molecule has 0 aliphatic rings. The summed E-state index contributed by atoms with van der Waals surface area (Å²) in [4.78, 5) is 4.17. The fourth-order valence-corrected chi connectivity index (χ4v) is 2.13. The molecule has 14 heavy (non-hydrogen) atoms. The molecule has 0 unspecified atom stereocenters. The average Bonchev–Trinajstić information content (AvgIpc) is 2.50. The quantitative estimate of drug-likeness (QED) is 0.762. The molecule has 4 heteroatoms. The average molecular weight is 233 g/mol. The summed E-state index contributed by atoms with van der Waals surface area (Å²) in [6.45, 7) is 6.41. The van der Waals surface area contributed by atoms with Crippen LogP contribution in [-0.4, -0.2) is 11.5 Å². The molecule has 1 N–H and O–H groups in total. The first-order chi connectivity index (χ1) is 6.68. The molecule has 0 radical (unpaired) electrons. The zero-order chi connectivity index (χ0) is 10.4. The lowest BCUT2D eigenvalue weighted by molar-refractivity contribution is 0.527. The van der Waals surface area contributed by atoms with E-state index in [0.717, 1.165) is 28.4 Å². The van der Waals surface area contributed by atoms with Gasteiger partial charge in [0.25, 0.3) is 0 Å². The van der Waals surface area contributed by atoms with E-state index in [1.165, 1.54) is 12.8 Å². The van der Waals surface area contributed by atoms with Crippen LogP contribution in [0.15, 0.2) is 6.20 Å². The highest BCUT2D eigenvalue weighted by Crippen LogP contribution is 2.17. The Hall–Kier alpha value is -0.120. The molecule has 1 heterocycles. The summed E-state index contributed by atoms with van der Waals surface area (Å²) in [5, 5.41) is 4.43. The Bertz CT molecular complexity index is 260. The van der Waals surface area contributed by atoms with E-state index < -0.39 is 0 Å². The van der Waals surface area contributed by atoms with Crippen LogP contribution in [0.5, 0.6) is 0 Å². The van der Waals surface area contributed by atoms with Crippen molar-refractivity contribution in [1.29, 1.82) is 0 Å². The van der Waals surface area contributed by atoms with Gasteiger partial charge in [-0.05, 0) is 25.3 Å². The predicted molar refractivity (Wildman–Crippen MR) is 62.9 cm³/mol. The highest BCUT2D eigenvalue weighted by Gasteiger charge is 1.99. The van der Waals surface area contributed by atoms with Gasteiger partial charge in [-0.15, -0.1) is 11.3 Å². The number of hydrogen-bond donors (Lipinski definition) is 1. The minimum atomic E-state index is 0.768. The van der Waals surface area contributed by atoms with Gasteiger partial charge in [0.2, 0.25) is 0 Å². The molecule has 0 aliphatic carbocycles. The lowest BCUT2D eigenvalue weighted by atomic mass is 10.1. The Kier molecular flexibility index (Phi) is 5.45. The molecular formula is C10H17ClN2S. The van der Waals surface area contributed by atoms with Crippen molar-refractivity contribution in [2.24, 2.45) is 5.92 Å². The number of hydrogen-bond acceptors (Lipinski definition) is 3. The van der Waals surface area contributed by atoms with Crippen molar-refractivity contribution in [3.05, 3.63) is 15.5 Å². The maximum absolute atomic E-state index is 5.77. The Morgan fingerprint density at radius 2 is 2.36 bits per heavy atom. The smallest absolute Gasteiger partial charge is 0.113 e. The van der Waals surface area contributed by atoms with E-state index in [1.807, 2.05) is 0 Å². The molecule has 0 amide bonds. The topological polar surface area (TPSA) is 24.9 Å². The number of halogens is 1. The number of rotatable bonds is 6. The number of nitrogens with zero attached hydrogens (tertiary/aromatic N) is 1. The molecule has 0 saturated heterocycles. The number of aromatic nitrogens is 1. The summed E-state index contributed by atoms with van der Waals surface area (Å²) >= 11 is 7.31. The van der Waals surface area contributed by atoms with Crippen LogP contribution < -0.4 is 5.32 Å². The van der Waals surface area contributed by atoms with Crippen molar-refractivity contribution in [2.45, 2.75) is 33.2 Å². The zero-order valence-electron chi connectivity index (χ0n) is 8.72. The van der Waals surface area contributed by atoms with Crippen LogP contribution in [0.2, 0.25) is 4.34 Å². The summed E-state index contributed by atoms with van der Waals surface area (Å²) in [5.41, 5.74) is 0. The van der Waals surface area contributed by atoms with Crippen molar-refractivity contribution < 1.29 is 0 Å². The van der Waals surface area contributed by atoms with E-state index in [4.69, 9.17) is 11.6 Å². The van der Waals surface area contributed by atoms with Crippen molar-refractivity contribution >= 4 is 22.9 Å². The molecule has 0 spiro atoms. The Balaban J connectivity index is 2.04. The number of nitrogens with one attached hydrogen (secondary N) is 1. The fraction of sp³-hybridized carbons (Fsp3) is 0.700. The van der Waals surface area contributed by atoms with Crippen LogP contribution in [0.25, 0.3) is 0 Å². The minimum absolute atomic E-state index is 0.768. The van der Waals surface area contributed by atoms with E-state index in [2.05, 4.69) is 24.1 Å². The largest absolute Gasteiger partial charge is 0.310 e. The summed E-state index contributed by atoms with van der Waals surface area (Å²) in [5.74, 6) is 0.797. The second kappa shape index (κ2) is 6.38. The van der Waals surface area contributed by atoms with Gasteiger partial charge in [0.1, 0.15) is 9.34 Å². The molecule has 80 valence electrons. The maximum atomic E-state index is 5.77. The van der Waals surface area contributed by atoms with E-state index in [0.29, 0.717) is 0 Å². The fourth-order valence-electron chi connectivity index (χ4n) is 1.20. The lowest BCUT2D eigenvalue weighted by Gasteiger charge is -2.04. The van der Waals surface area contributed by atoms with Gasteiger partial charge in [0, 0.05) is 6.54 Å². The van der Waals surface area contributed by atoms with Gasteiger partial charge < -0.3 is 5.32 Å². The predicted octanol–water partition coefficient (Wildman–Crippen LogP) is 3.32. The van der Waals surface area contributed by atoms with Gasteiger partial charge in [-0.1, -0.05) is 25.4 Å². The van der Waals surface area contributed by atoms with Gasteiger partial charge in [-0.3, -0.25) is 0 Å². The first kappa shape index (κ1) is 12.0. The summed E-state index contributed by atoms with van der Waals surface area (Å²) in [6, 6.07) is 0. The Morgan fingerprint density at radius 3 is 2.93 bits per heavy atom. The molecule has 0 bridgehead atoms. The molecule has 1 aromatic rings. The third-order valence-corrected chi connectivity index (χ3v) is 3.05. The van der Waals surface area contributed by atoms with E-state index >= 15 is 0 Å². The van der Waals surface area contributed by atoms with Crippen molar-refractivity contribution in [3.8, 4) is 0 Å².